The molecule has 0 saturated heterocycles. The molecule has 0 radical (unpaired) electrons. The van der Waals surface area contributed by atoms with Crippen LogP contribution in [0.15, 0.2) is 51.7 Å². The van der Waals surface area contributed by atoms with Crippen molar-refractivity contribution < 1.29 is 18.4 Å². The van der Waals surface area contributed by atoms with Gasteiger partial charge in [0, 0.05) is 24.5 Å². The van der Waals surface area contributed by atoms with Crippen molar-refractivity contribution in [1.82, 2.24) is 4.98 Å². The number of nitrogens with one attached hydrogen (secondary N) is 2. The van der Waals surface area contributed by atoms with Crippen molar-refractivity contribution >= 4 is 29.2 Å². The van der Waals surface area contributed by atoms with Gasteiger partial charge in [-0.05, 0) is 56.7 Å². The van der Waals surface area contributed by atoms with Crippen LogP contribution in [0, 0.1) is 6.92 Å². The van der Waals surface area contributed by atoms with E-state index in [2.05, 4.69) is 34.4 Å². The van der Waals surface area contributed by atoms with Crippen molar-refractivity contribution in [3.8, 4) is 0 Å². The van der Waals surface area contributed by atoms with Crippen LogP contribution in [-0.2, 0) is 0 Å². The summed E-state index contributed by atoms with van der Waals surface area (Å²) in [5.41, 5.74) is 2.78. The van der Waals surface area contributed by atoms with Gasteiger partial charge < -0.3 is 19.1 Å². The zero-order valence-electron chi connectivity index (χ0n) is 16.0. The Labute approximate surface area is 162 Å². The minimum atomic E-state index is -0.512. The Morgan fingerprint density at radius 2 is 1.86 bits per heavy atom. The summed E-state index contributed by atoms with van der Waals surface area (Å²) >= 11 is 0. The minimum Gasteiger partial charge on any atom is -0.459 e. The highest BCUT2D eigenvalue weighted by Gasteiger charge is 2.17. The first kappa shape index (κ1) is 19.2. The van der Waals surface area contributed by atoms with E-state index in [1.807, 2.05) is 25.1 Å². The molecule has 3 rings (SSSR count). The van der Waals surface area contributed by atoms with E-state index in [1.54, 1.807) is 6.07 Å². The summed E-state index contributed by atoms with van der Waals surface area (Å²) in [5, 5.41) is 5.24. The third-order valence-corrected chi connectivity index (χ3v) is 4.29. The van der Waals surface area contributed by atoms with E-state index in [9.17, 15) is 9.59 Å². The van der Waals surface area contributed by atoms with Crippen LogP contribution >= 0.6 is 0 Å². The largest absolute Gasteiger partial charge is 0.459 e. The molecule has 1 aromatic carbocycles. The van der Waals surface area contributed by atoms with Crippen molar-refractivity contribution in [3.63, 3.8) is 0 Å². The number of hydrogen-bond acceptors (Lipinski definition) is 6. The summed E-state index contributed by atoms with van der Waals surface area (Å²) in [7, 11) is 0. The maximum Gasteiger partial charge on any atom is 0.302 e. The zero-order chi connectivity index (χ0) is 20.1. The standard InChI is InChI=1S/C20H22N4O4/c1-4-24(5-2)14-8-9-15(13(3)11-14)21-18(25)16-12-28-20(22-16)23-19(26)17-7-6-10-27-17/h6-12H,4-5H2,1-3H3,(H,21,25)(H,22,23,26). The maximum atomic E-state index is 12.4. The van der Waals surface area contributed by atoms with Crippen molar-refractivity contribution in [2.24, 2.45) is 0 Å². The van der Waals surface area contributed by atoms with E-state index in [4.69, 9.17) is 8.83 Å². The Kier molecular flexibility index (Phi) is 5.78. The molecular weight excluding hydrogens is 360 g/mol. The van der Waals surface area contributed by atoms with E-state index in [0.29, 0.717) is 5.69 Å². The molecule has 8 heteroatoms. The summed E-state index contributed by atoms with van der Waals surface area (Å²) < 4.78 is 10.1. The molecule has 0 unspecified atom stereocenters. The molecule has 0 aliphatic carbocycles. The second kappa shape index (κ2) is 8.43. The third kappa shape index (κ3) is 4.22. The van der Waals surface area contributed by atoms with Crippen LogP contribution in [-0.4, -0.2) is 29.9 Å². The van der Waals surface area contributed by atoms with Crippen LogP contribution in [0.5, 0.6) is 0 Å². The van der Waals surface area contributed by atoms with Crippen LogP contribution in [0.3, 0.4) is 0 Å². The minimum absolute atomic E-state index is 0.0574. The van der Waals surface area contributed by atoms with Crippen LogP contribution in [0.2, 0.25) is 0 Å². The van der Waals surface area contributed by atoms with Gasteiger partial charge in [-0.1, -0.05) is 0 Å². The van der Waals surface area contributed by atoms with Gasteiger partial charge in [-0.3, -0.25) is 14.9 Å². The summed E-state index contributed by atoms with van der Waals surface area (Å²) in [5.74, 6) is -0.823. The quantitative estimate of drug-likeness (QED) is 0.642. The average Bonchev–Trinajstić information content (AvgIpc) is 3.37. The number of anilines is 3. The highest BCUT2D eigenvalue weighted by atomic mass is 16.4. The van der Waals surface area contributed by atoms with Crippen LogP contribution in [0.1, 0.15) is 40.5 Å². The summed E-state index contributed by atoms with van der Waals surface area (Å²) in [6, 6.07) is 8.88. The first-order valence-corrected chi connectivity index (χ1v) is 8.99. The Hall–Kier alpha value is -3.55. The van der Waals surface area contributed by atoms with Gasteiger partial charge in [0.25, 0.3) is 11.8 Å². The van der Waals surface area contributed by atoms with Gasteiger partial charge in [0.1, 0.15) is 6.26 Å². The van der Waals surface area contributed by atoms with Gasteiger partial charge in [-0.25, -0.2) is 0 Å². The molecular formula is C20H22N4O4. The molecule has 28 heavy (non-hydrogen) atoms. The zero-order valence-corrected chi connectivity index (χ0v) is 16.0. The van der Waals surface area contributed by atoms with Crippen LogP contribution < -0.4 is 15.5 Å². The molecule has 0 spiro atoms. The van der Waals surface area contributed by atoms with Crippen molar-refractivity contribution in [2.75, 3.05) is 28.6 Å². The average molecular weight is 382 g/mol. The van der Waals surface area contributed by atoms with Gasteiger partial charge in [0.2, 0.25) is 0 Å². The molecule has 2 amide bonds. The molecule has 146 valence electrons. The molecule has 2 N–H and O–H groups in total. The number of carbonyl (C=O) groups is 2. The first-order valence-electron chi connectivity index (χ1n) is 8.99. The molecule has 3 aromatic rings. The Morgan fingerprint density at radius 1 is 1.07 bits per heavy atom. The van der Waals surface area contributed by atoms with Gasteiger partial charge in [-0.2, -0.15) is 4.98 Å². The maximum absolute atomic E-state index is 12.4. The molecule has 2 heterocycles. The Balaban J connectivity index is 1.67. The molecule has 0 atom stereocenters. The lowest BCUT2D eigenvalue weighted by Gasteiger charge is -2.22. The SMILES string of the molecule is CCN(CC)c1ccc(NC(=O)c2coc(NC(=O)c3ccco3)n2)c(C)c1. The predicted octanol–water partition coefficient (Wildman–Crippen LogP) is 3.93. The lowest BCUT2D eigenvalue weighted by Crippen LogP contribution is -2.22. The van der Waals surface area contributed by atoms with Gasteiger partial charge in [0.05, 0.1) is 6.26 Å². The van der Waals surface area contributed by atoms with E-state index in [-0.39, 0.29) is 17.5 Å². The number of carbonyl (C=O) groups excluding carboxylic acids is 2. The second-order valence-electron chi connectivity index (χ2n) is 6.09. The fraction of sp³-hybridized carbons (Fsp3) is 0.250. The number of furan rings is 1. The summed E-state index contributed by atoms with van der Waals surface area (Å²) in [6.45, 7) is 7.95. The second-order valence-corrected chi connectivity index (χ2v) is 6.09. The topological polar surface area (TPSA) is 101 Å². The number of hydrogen-bond donors (Lipinski definition) is 2. The first-order chi connectivity index (χ1) is 13.5. The van der Waals surface area contributed by atoms with Gasteiger partial charge >= 0.3 is 6.01 Å². The van der Waals surface area contributed by atoms with Gasteiger partial charge in [-0.15, -0.1) is 0 Å². The number of nitrogens with zero attached hydrogens (tertiary/aromatic N) is 2. The van der Waals surface area contributed by atoms with Crippen molar-refractivity contribution in [3.05, 3.63) is 59.9 Å². The number of aryl methyl sites for hydroxylation is 1. The fourth-order valence-corrected chi connectivity index (χ4v) is 2.76. The summed E-state index contributed by atoms with van der Waals surface area (Å²) in [4.78, 5) is 30.6. The van der Waals surface area contributed by atoms with Crippen molar-refractivity contribution in [2.45, 2.75) is 20.8 Å². The highest BCUT2D eigenvalue weighted by molar-refractivity contribution is 6.04. The molecule has 2 aromatic heterocycles. The number of oxazole rings is 1. The normalized spacial score (nSPS) is 10.5. The van der Waals surface area contributed by atoms with E-state index >= 15 is 0 Å². The smallest absolute Gasteiger partial charge is 0.302 e. The third-order valence-electron chi connectivity index (χ3n) is 4.29. The molecule has 0 aliphatic heterocycles. The van der Waals surface area contributed by atoms with Crippen molar-refractivity contribution in [1.29, 1.82) is 0 Å². The number of benzene rings is 1. The Morgan fingerprint density at radius 3 is 2.50 bits per heavy atom. The summed E-state index contributed by atoms with van der Waals surface area (Å²) in [6.07, 6.45) is 2.57. The van der Waals surface area contributed by atoms with E-state index in [1.165, 1.54) is 18.6 Å². The fourth-order valence-electron chi connectivity index (χ4n) is 2.76. The molecule has 0 fully saturated rings. The molecule has 0 saturated carbocycles. The highest BCUT2D eigenvalue weighted by Crippen LogP contribution is 2.23. The number of amides is 2. The lowest BCUT2D eigenvalue weighted by molar-refractivity contribution is 0.0990. The predicted molar refractivity (Wildman–Crippen MR) is 106 cm³/mol. The van der Waals surface area contributed by atoms with Crippen LogP contribution in [0.4, 0.5) is 17.4 Å². The van der Waals surface area contributed by atoms with E-state index < -0.39 is 11.8 Å². The monoisotopic (exact) mass is 382 g/mol. The lowest BCUT2D eigenvalue weighted by atomic mass is 10.1. The molecule has 8 nitrogen and oxygen atoms in total. The Bertz CT molecular complexity index is 959. The molecule has 0 aliphatic rings. The van der Waals surface area contributed by atoms with Crippen LogP contribution in [0.25, 0.3) is 0 Å². The van der Waals surface area contributed by atoms with E-state index in [0.717, 1.165) is 24.3 Å². The van der Waals surface area contributed by atoms with Gasteiger partial charge in [0.15, 0.2) is 11.5 Å². The number of rotatable bonds is 7. The molecule has 0 bridgehead atoms. The number of aromatic nitrogens is 1.